The summed E-state index contributed by atoms with van der Waals surface area (Å²) in [5, 5.41) is 3.53. The highest BCUT2D eigenvalue weighted by Crippen LogP contribution is 2.20. The average Bonchev–Trinajstić information content (AvgIpc) is 2.34. The van der Waals surface area contributed by atoms with Gasteiger partial charge in [0.15, 0.2) is 0 Å². The summed E-state index contributed by atoms with van der Waals surface area (Å²) in [4.78, 5) is 8.64. The maximum atomic E-state index is 4.50. The van der Waals surface area contributed by atoms with Crippen LogP contribution in [0.4, 0.5) is 0 Å². The molecular formula is C14H23N3. The molecular weight excluding hydrogens is 210 g/mol. The Morgan fingerprint density at radius 3 is 2.82 bits per heavy atom. The largest absolute Gasteiger partial charge is 0.308 e. The van der Waals surface area contributed by atoms with Crippen LogP contribution in [0.3, 0.4) is 0 Å². The van der Waals surface area contributed by atoms with E-state index in [1.165, 1.54) is 5.57 Å². The second-order valence-corrected chi connectivity index (χ2v) is 4.34. The fourth-order valence-electron chi connectivity index (χ4n) is 1.70. The topological polar surface area (TPSA) is 37.8 Å². The summed E-state index contributed by atoms with van der Waals surface area (Å²) in [5.74, 6) is 0.827. The monoisotopic (exact) mass is 233 g/mol. The van der Waals surface area contributed by atoms with Crippen LogP contribution in [0.5, 0.6) is 0 Å². The third kappa shape index (κ3) is 4.65. The Labute approximate surface area is 104 Å². The van der Waals surface area contributed by atoms with Crippen molar-refractivity contribution in [1.29, 1.82) is 0 Å². The summed E-state index contributed by atoms with van der Waals surface area (Å²) in [5.41, 5.74) is 2.33. The first-order chi connectivity index (χ1) is 8.17. The van der Waals surface area contributed by atoms with E-state index in [-0.39, 0.29) is 6.04 Å². The molecule has 1 aromatic rings. The lowest BCUT2D eigenvalue weighted by Crippen LogP contribution is -2.23. The Morgan fingerprint density at radius 2 is 2.24 bits per heavy atom. The van der Waals surface area contributed by atoms with Gasteiger partial charge >= 0.3 is 0 Å². The maximum absolute atomic E-state index is 4.50. The van der Waals surface area contributed by atoms with Gasteiger partial charge in [0.25, 0.3) is 0 Å². The molecule has 0 aliphatic heterocycles. The van der Waals surface area contributed by atoms with Crippen LogP contribution in [-0.4, -0.2) is 16.5 Å². The van der Waals surface area contributed by atoms with Crippen molar-refractivity contribution in [3.8, 4) is 0 Å². The molecule has 3 heteroatoms. The lowest BCUT2D eigenvalue weighted by molar-refractivity contribution is 0.510. The van der Waals surface area contributed by atoms with Gasteiger partial charge in [-0.1, -0.05) is 26.0 Å². The summed E-state index contributed by atoms with van der Waals surface area (Å²) in [7, 11) is 0. The van der Waals surface area contributed by atoms with Crippen molar-refractivity contribution in [3.05, 3.63) is 35.9 Å². The average molecular weight is 233 g/mol. The van der Waals surface area contributed by atoms with Crippen molar-refractivity contribution in [1.82, 2.24) is 15.3 Å². The molecule has 0 spiro atoms. The van der Waals surface area contributed by atoms with Crippen molar-refractivity contribution in [2.75, 3.05) is 6.54 Å². The van der Waals surface area contributed by atoms with E-state index in [2.05, 4.69) is 35.7 Å². The third-order valence-corrected chi connectivity index (χ3v) is 2.79. The quantitative estimate of drug-likeness (QED) is 0.735. The number of hydrogen-bond donors (Lipinski definition) is 1. The van der Waals surface area contributed by atoms with Crippen molar-refractivity contribution in [3.63, 3.8) is 0 Å². The van der Waals surface area contributed by atoms with Crippen LogP contribution in [0.25, 0.3) is 0 Å². The summed E-state index contributed by atoms with van der Waals surface area (Å²) < 4.78 is 0. The zero-order chi connectivity index (χ0) is 12.7. The molecule has 94 valence electrons. The first-order valence-electron chi connectivity index (χ1n) is 6.37. The molecule has 0 aliphatic carbocycles. The standard InChI is InChI=1S/C14H23N3/c1-5-8-16-14(10-11(3)6-2)13-7-9-15-12(4)17-13/h7,9,14,16H,3,5-6,8,10H2,1-2,4H3. The predicted octanol–water partition coefficient (Wildman–Crippen LogP) is 3.18. The number of rotatable bonds is 7. The minimum Gasteiger partial charge on any atom is -0.308 e. The molecule has 0 radical (unpaired) electrons. The second kappa shape index (κ2) is 7.17. The van der Waals surface area contributed by atoms with Gasteiger partial charge in [0, 0.05) is 6.20 Å². The second-order valence-electron chi connectivity index (χ2n) is 4.34. The zero-order valence-corrected chi connectivity index (χ0v) is 11.2. The van der Waals surface area contributed by atoms with Crippen LogP contribution in [0.1, 0.15) is 50.7 Å². The van der Waals surface area contributed by atoms with Gasteiger partial charge in [-0.25, -0.2) is 9.97 Å². The number of nitrogens with zero attached hydrogens (tertiary/aromatic N) is 2. The minimum absolute atomic E-state index is 0.268. The molecule has 0 aliphatic rings. The van der Waals surface area contributed by atoms with E-state index in [0.29, 0.717) is 0 Å². The molecule has 0 aromatic carbocycles. The molecule has 1 rings (SSSR count). The van der Waals surface area contributed by atoms with Gasteiger partial charge < -0.3 is 5.32 Å². The molecule has 3 nitrogen and oxygen atoms in total. The molecule has 0 bridgehead atoms. The Balaban J connectivity index is 2.77. The number of aryl methyl sites for hydroxylation is 1. The molecule has 1 unspecified atom stereocenters. The van der Waals surface area contributed by atoms with E-state index in [1.807, 2.05) is 19.2 Å². The molecule has 1 atom stereocenters. The molecule has 17 heavy (non-hydrogen) atoms. The highest BCUT2D eigenvalue weighted by molar-refractivity contribution is 5.11. The van der Waals surface area contributed by atoms with E-state index in [9.17, 15) is 0 Å². The lowest BCUT2D eigenvalue weighted by Gasteiger charge is -2.19. The van der Waals surface area contributed by atoms with Crippen LogP contribution in [0, 0.1) is 6.92 Å². The van der Waals surface area contributed by atoms with Crippen molar-refractivity contribution in [2.24, 2.45) is 0 Å². The van der Waals surface area contributed by atoms with E-state index in [4.69, 9.17) is 0 Å². The van der Waals surface area contributed by atoms with Gasteiger partial charge in [0.1, 0.15) is 5.82 Å². The summed E-state index contributed by atoms with van der Waals surface area (Å²) >= 11 is 0. The van der Waals surface area contributed by atoms with Gasteiger partial charge in [0.05, 0.1) is 11.7 Å². The number of aromatic nitrogens is 2. The Morgan fingerprint density at radius 1 is 1.47 bits per heavy atom. The molecule has 0 saturated carbocycles. The smallest absolute Gasteiger partial charge is 0.125 e. The highest BCUT2D eigenvalue weighted by Gasteiger charge is 2.13. The Kier molecular flexibility index (Phi) is 5.84. The van der Waals surface area contributed by atoms with Gasteiger partial charge in [-0.2, -0.15) is 0 Å². The first-order valence-corrected chi connectivity index (χ1v) is 6.37. The lowest BCUT2D eigenvalue weighted by atomic mass is 10.0. The molecule has 0 saturated heterocycles. The van der Waals surface area contributed by atoms with E-state index >= 15 is 0 Å². The van der Waals surface area contributed by atoms with Gasteiger partial charge in [-0.15, -0.1) is 0 Å². The number of hydrogen-bond acceptors (Lipinski definition) is 3. The fraction of sp³-hybridized carbons (Fsp3) is 0.571. The van der Waals surface area contributed by atoms with Crippen LogP contribution in [0.2, 0.25) is 0 Å². The Hall–Kier alpha value is -1.22. The molecule has 1 aromatic heterocycles. The number of nitrogens with one attached hydrogen (secondary N) is 1. The highest BCUT2D eigenvalue weighted by atomic mass is 15.0. The molecule has 1 N–H and O–H groups in total. The van der Waals surface area contributed by atoms with Gasteiger partial charge in [0.2, 0.25) is 0 Å². The fourth-order valence-corrected chi connectivity index (χ4v) is 1.70. The van der Waals surface area contributed by atoms with Crippen molar-refractivity contribution in [2.45, 2.75) is 46.1 Å². The van der Waals surface area contributed by atoms with Gasteiger partial charge in [-0.3, -0.25) is 0 Å². The van der Waals surface area contributed by atoms with Crippen LogP contribution in [0.15, 0.2) is 24.4 Å². The summed E-state index contributed by atoms with van der Waals surface area (Å²) in [6.07, 6.45) is 4.92. The Bertz CT molecular complexity index is 360. The van der Waals surface area contributed by atoms with E-state index in [0.717, 1.165) is 37.3 Å². The van der Waals surface area contributed by atoms with E-state index in [1.54, 1.807) is 0 Å². The molecule has 0 fully saturated rings. The van der Waals surface area contributed by atoms with Gasteiger partial charge in [-0.05, 0) is 38.8 Å². The van der Waals surface area contributed by atoms with Crippen molar-refractivity contribution >= 4 is 0 Å². The normalized spacial score (nSPS) is 12.4. The van der Waals surface area contributed by atoms with Crippen LogP contribution >= 0.6 is 0 Å². The van der Waals surface area contributed by atoms with Crippen LogP contribution in [-0.2, 0) is 0 Å². The van der Waals surface area contributed by atoms with Crippen LogP contribution < -0.4 is 5.32 Å². The third-order valence-electron chi connectivity index (χ3n) is 2.79. The molecule has 0 amide bonds. The predicted molar refractivity (Wildman–Crippen MR) is 71.9 cm³/mol. The summed E-state index contributed by atoms with van der Waals surface area (Å²) in [6, 6.07) is 2.26. The molecule has 1 heterocycles. The maximum Gasteiger partial charge on any atom is 0.125 e. The minimum atomic E-state index is 0.268. The zero-order valence-electron chi connectivity index (χ0n) is 11.2. The van der Waals surface area contributed by atoms with Crippen molar-refractivity contribution < 1.29 is 0 Å². The van der Waals surface area contributed by atoms with E-state index < -0.39 is 0 Å². The summed E-state index contributed by atoms with van der Waals surface area (Å²) in [6.45, 7) is 11.3. The SMILES string of the molecule is C=C(CC)CC(NCCC)c1ccnc(C)n1. The first kappa shape index (κ1) is 13.8.